The second kappa shape index (κ2) is 5.46. The molecule has 2 rings (SSSR count). The molecule has 0 radical (unpaired) electrons. The maximum absolute atomic E-state index is 5.75. The van der Waals surface area contributed by atoms with Gasteiger partial charge in [-0.25, -0.2) is 0 Å². The number of anilines is 1. The Kier molecular flexibility index (Phi) is 4.10. The summed E-state index contributed by atoms with van der Waals surface area (Å²) in [5.41, 5.74) is 0.0514. The van der Waals surface area contributed by atoms with Crippen molar-refractivity contribution in [2.24, 2.45) is 0 Å². The largest absolute Gasteiger partial charge is 0.407 e. The molecule has 6 heteroatoms. The zero-order valence-electron chi connectivity index (χ0n) is 12.6. The maximum Gasteiger partial charge on any atom is 0.318 e. The molecule has 1 aromatic heterocycles. The average molecular weight is 267 g/mol. The Balaban J connectivity index is 1.97. The molecule has 0 amide bonds. The van der Waals surface area contributed by atoms with Gasteiger partial charge in [-0.05, 0) is 34.7 Å². The van der Waals surface area contributed by atoms with Gasteiger partial charge in [0.15, 0.2) is 0 Å². The Hall–Kier alpha value is -1.14. The lowest BCUT2D eigenvalue weighted by Crippen LogP contribution is -2.50. The molecule has 0 aliphatic carbocycles. The van der Waals surface area contributed by atoms with Gasteiger partial charge in [0.25, 0.3) is 0 Å². The normalized spacial score (nSPS) is 21.9. The Labute approximate surface area is 115 Å². The molecule has 1 aliphatic heterocycles. The number of nitrogens with one attached hydrogen (secondary N) is 1. The predicted molar refractivity (Wildman–Crippen MR) is 75.2 cm³/mol. The Morgan fingerprint density at radius 1 is 1.32 bits per heavy atom. The second-order valence-electron chi connectivity index (χ2n) is 6.39. The lowest BCUT2D eigenvalue weighted by molar-refractivity contribution is 0.265. The third-order valence-electron chi connectivity index (χ3n) is 3.30. The highest BCUT2D eigenvalue weighted by molar-refractivity contribution is 5.27. The average Bonchev–Trinajstić information content (AvgIpc) is 2.74. The summed E-state index contributed by atoms with van der Waals surface area (Å²) in [5.74, 6) is 0.649. The predicted octanol–water partition coefficient (Wildman–Crippen LogP) is 1.10. The first-order valence-electron chi connectivity index (χ1n) is 6.88. The summed E-state index contributed by atoms with van der Waals surface area (Å²) in [6.07, 6.45) is 0. The highest BCUT2D eigenvalue weighted by atomic mass is 16.4. The number of piperazine rings is 1. The molecule has 1 fully saturated rings. The van der Waals surface area contributed by atoms with Crippen molar-refractivity contribution < 1.29 is 4.42 Å². The lowest BCUT2D eigenvalue weighted by atomic mass is 10.1. The third kappa shape index (κ3) is 3.91. The van der Waals surface area contributed by atoms with Crippen LogP contribution < -0.4 is 10.2 Å². The molecule has 1 N–H and O–H groups in total. The van der Waals surface area contributed by atoms with Crippen LogP contribution in [-0.4, -0.2) is 53.4 Å². The minimum atomic E-state index is 0.0514. The zero-order chi connectivity index (χ0) is 14.0. The first kappa shape index (κ1) is 14.3. The van der Waals surface area contributed by atoms with Crippen LogP contribution in [0.3, 0.4) is 0 Å². The summed E-state index contributed by atoms with van der Waals surface area (Å²) in [7, 11) is 2.14. The van der Waals surface area contributed by atoms with Gasteiger partial charge in [0.1, 0.15) is 0 Å². The molecule has 6 nitrogen and oxygen atoms in total. The second-order valence-corrected chi connectivity index (χ2v) is 6.39. The van der Waals surface area contributed by atoms with Crippen molar-refractivity contribution in [2.45, 2.75) is 45.8 Å². The van der Waals surface area contributed by atoms with E-state index in [0.717, 1.165) is 19.6 Å². The van der Waals surface area contributed by atoms with Gasteiger partial charge in [0.05, 0.1) is 6.54 Å². The SMILES string of the molecule is CC1CN(C)CCN1c1nnc(CNC(C)(C)C)o1. The van der Waals surface area contributed by atoms with Crippen LogP contribution in [0, 0.1) is 0 Å². The Morgan fingerprint density at radius 2 is 2.05 bits per heavy atom. The molecule has 0 bridgehead atoms. The first-order chi connectivity index (χ1) is 8.85. The van der Waals surface area contributed by atoms with Gasteiger partial charge >= 0.3 is 6.01 Å². The van der Waals surface area contributed by atoms with E-state index in [-0.39, 0.29) is 5.54 Å². The molecule has 108 valence electrons. The number of nitrogens with zero attached hydrogens (tertiary/aromatic N) is 4. The Bertz CT molecular complexity index is 411. The van der Waals surface area contributed by atoms with Gasteiger partial charge in [-0.2, -0.15) is 0 Å². The molecular weight excluding hydrogens is 242 g/mol. The van der Waals surface area contributed by atoms with Crippen LogP contribution in [-0.2, 0) is 6.54 Å². The van der Waals surface area contributed by atoms with Gasteiger partial charge in [0.2, 0.25) is 5.89 Å². The quantitative estimate of drug-likeness (QED) is 0.885. The molecule has 1 aromatic rings. The fourth-order valence-electron chi connectivity index (χ4n) is 2.20. The van der Waals surface area contributed by atoms with E-state index in [2.05, 4.69) is 60.1 Å². The van der Waals surface area contributed by atoms with Gasteiger partial charge in [-0.1, -0.05) is 5.10 Å². The number of likely N-dealkylation sites (N-methyl/N-ethyl adjacent to an activating group) is 1. The lowest BCUT2D eigenvalue weighted by Gasteiger charge is -2.36. The van der Waals surface area contributed by atoms with Crippen LogP contribution in [0.15, 0.2) is 4.42 Å². The van der Waals surface area contributed by atoms with Gasteiger partial charge in [0, 0.05) is 31.2 Å². The van der Waals surface area contributed by atoms with Crippen LogP contribution in [0.4, 0.5) is 6.01 Å². The zero-order valence-corrected chi connectivity index (χ0v) is 12.6. The number of hydrogen-bond acceptors (Lipinski definition) is 6. The van der Waals surface area contributed by atoms with Crippen LogP contribution in [0.2, 0.25) is 0 Å². The van der Waals surface area contributed by atoms with Crippen LogP contribution in [0.1, 0.15) is 33.6 Å². The monoisotopic (exact) mass is 267 g/mol. The molecular formula is C13H25N5O. The summed E-state index contributed by atoms with van der Waals surface area (Å²) in [6.45, 7) is 12.1. The molecule has 1 aliphatic rings. The van der Waals surface area contributed by atoms with E-state index >= 15 is 0 Å². The summed E-state index contributed by atoms with van der Waals surface area (Å²) in [6, 6.07) is 1.05. The Morgan fingerprint density at radius 3 is 2.68 bits per heavy atom. The van der Waals surface area contributed by atoms with E-state index in [0.29, 0.717) is 24.5 Å². The van der Waals surface area contributed by atoms with Crippen molar-refractivity contribution in [1.29, 1.82) is 0 Å². The van der Waals surface area contributed by atoms with E-state index in [1.165, 1.54) is 0 Å². The molecule has 2 heterocycles. The van der Waals surface area contributed by atoms with E-state index < -0.39 is 0 Å². The summed E-state index contributed by atoms with van der Waals surface area (Å²) in [4.78, 5) is 4.51. The summed E-state index contributed by atoms with van der Waals surface area (Å²) >= 11 is 0. The van der Waals surface area contributed by atoms with Crippen molar-refractivity contribution in [3.63, 3.8) is 0 Å². The topological polar surface area (TPSA) is 57.4 Å². The van der Waals surface area contributed by atoms with Crippen molar-refractivity contribution >= 4 is 6.01 Å². The molecule has 19 heavy (non-hydrogen) atoms. The highest BCUT2D eigenvalue weighted by Gasteiger charge is 2.25. The van der Waals surface area contributed by atoms with Crippen LogP contribution >= 0.6 is 0 Å². The van der Waals surface area contributed by atoms with Gasteiger partial charge < -0.3 is 19.5 Å². The van der Waals surface area contributed by atoms with Crippen LogP contribution in [0.5, 0.6) is 0 Å². The van der Waals surface area contributed by atoms with Gasteiger partial charge in [-0.15, -0.1) is 5.10 Å². The molecule has 1 saturated heterocycles. The van der Waals surface area contributed by atoms with E-state index in [4.69, 9.17) is 4.42 Å². The number of aromatic nitrogens is 2. The minimum Gasteiger partial charge on any atom is -0.407 e. The molecule has 0 spiro atoms. The number of hydrogen-bond donors (Lipinski definition) is 1. The smallest absolute Gasteiger partial charge is 0.318 e. The van der Waals surface area contributed by atoms with Crippen LogP contribution in [0.25, 0.3) is 0 Å². The molecule has 0 aromatic carbocycles. The van der Waals surface area contributed by atoms with Crippen molar-refractivity contribution in [3.8, 4) is 0 Å². The number of rotatable bonds is 3. The summed E-state index contributed by atoms with van der Waals surface area (Å²) in [5, 5.41) is 11.6. The minimum absolute atomic E-state index is 0.0514. The van der Waals surface area contributed by atoms with Crippen molar-refractivity contribution in [1.82, 2.24) is 20.4 Å². The molecule has 1 atom stereocenters. The third-order valence-corrected chi connectivity index (χ3v) is 3.30. The van der Waals surface area contributed by atoms with Crippen molar-refractivity contribution in [3.05, 3.63) is 5.89 Å². The highest BCUT2D eigenvalue weighted by Crippen LogP contribution is 2.18. The fraction of sp³-hybridized carbons (Fsp3) is 0.846. The fourth-order valence-corrected chi connectivity index (χ4v) is 2.20. The standard InChI is InChI=1S/C13H25N5O/c1-10-9-17(5)6-7-18(10)12-16-15-11(19-12)8-14-13(2,3)4/h10,14H,6-9H2,1-5H3. The first-order valence-corrected chi connectivity index (χ1v) is 6.88. The maximum atomic E-state index is 5.75. The van der Waals surface area contributed by atoms with Crippen molar-refractivity contribution in [2.75, 3.05) is 31.6 Å². The van der Waals surface area contributed by atoms with E-state index in [1.54, 1.807) is 0 Å². The van der Waals surface area contributed by atoms with Gasteiger partial charge in [-0.3, -0.25) is 0 Å². The molecule has 0 saturated carbocycles. The van der Waals surface area contributed by atoms with E-state index in [1.807, 2.05) is 0 Å². The van der Waals surface area contributed by atoms with E-state index in [9.17, 15) is 0 Å². The summed E-state index contributed by atoms with van der Waals surface area (Å²) < 4.78 is 5.75. The molecule has 1 unspecified atom stereocenters.